The Morgan fingerprint density at radius 1 is 1.55 bits per heavy atom. The highest BCUT2D eigenvalue weighted by Crippen LogP contribution is 2.22. The number of hydrogen-bond acceptors (Lipinski definition) is 4. The molecule has 1 amide bonds. The zero-order valence-electron chi connectivity index (χ0n) is 10.7. The van der Waals surface area contributed by atoms with E-state index in [0.29, 0.717) is 15.9 Å². The second kappa shape index (κ2) is 6.10. The van der Waals surface area contributed by atoms with Crippen LogP contribution in [0.1, 0.15) is 11.3 Å². The Kier molecular flexibility index (Phi) is 4.46. The van der Waals surface area contributed by atoms with Gasteiger partial charge >= 0.3 is 0 Å². The van der Waals surface area contributed by atoms with Crippen LogP contribution in [0.3, 0.4) is 0 Å². The van der Waals surface area contributed by atoms with Crippen molar-refractivity contribution in [2.75, 3.05) is 6.54 Å². The summed E-state index contributed by atoms with van der Waals surface area (Å²) in [4.78, 5) is 11.1. The summed E-state index contributed by atoms with van der Waals surface area (Å²) in [6.07, 6.45) is 1.67. The van der Waals surface area contributed by atoms with Crippen LogP contribution in [0.25, 0.3) is 5.69 Å². The van der Waals surface area contributed by atoms with E-state index in [4.69, 9.17) is 5.73 Å². The maximum atomic E-state index is 13.4. The van der Waals surface area contributed by atoms with Crippen LogP contribution in [0.4, 0.5) is 4.39 Å². The van der Waals surface area contributed by atoms with Crippen molar-refractivity contribution in [2.24, 2.45) is 5.73 Å². The number of amides is 1. The number of rotatable bonds is 4. The number of nitrogens with zero attached hydrogens (tertiary/aromatic N) is 3. The molecule has 6 nitrogen and oxygen atoms in total. The number of carbonyl (C=O) groups is 1. The van der Waals surface area contributed by atoms with Crippen molar-refractivity contribution < 1.29 is 9.18 Å². The Morgan fingerprint density at radius 2 is 2.30 bits per heavy atom. The van der Waals surface area contributed by atoms with Crippen LogP contribution in [0.2, 0.25) is 0 Å². The molecule has 1 aromatic carbocycles. The predicted molar refractivity (Wildman–Crippen MR) is 74.7 cm³/mol. The van der Waals surface area contributed by atoms with E-state index in [1.807, 2.05) is 0 Å². The monoisotopic (exact) mass is 341 g/mol. The van der Waals surface area contributed by atoms with E-state index in [-0.39, 0.29) is 24.8 Å². The van der Waals surface area contributed by atoms with Gasteiger partial charge in [-0.1, -0.05) is 5.21 Å². The molecule has 0 unspecified atom stereocenters. The second-order valence-corrected chi connectivity index (χ2v) is 5.04. The van der Waals surface area contributed by atoms with Gasteiger partial charge in [0, 0.05) is 0 Å². The Balaban J connectivity index is 2.20. The van der Waals surface area contributed by atoms with E-state index < -0.39 is 0 Å². The summed E-state index contributed by atoms with van der Waals surface area (Å²) < 4.78 is 15.3. The maximum Gasteiger partial charge on any atom is 0.234 e. The molecular formula is C12H13BrFN5O. The molecule has 0 saturated carbocycles. The summed E-state index contributed by atoms with van der Waals surface area (Å²) in [6.45, 7) is 1.96. The molecule has 0 aliphatic heterocycles. The van der Waals surface area contributed by atoms with Crippen molar-refractivity contribution in [3.63, 3.8) is 0 Å². The quantitative estimate of drug-likeness (QED) is 0.870. The van der Waals surface area contributed by atoms with Crippen molar-refractivity contribution in [2.45, 2.75) is 13.5 Å². The summed E-state index contributed by atoms with van der Waals surface area (Å²) in [6, 6.07) is 3.04. The number of carbonyl (C=O) groups excluding carboxylic acids is 1. The van der Waals surface area contributed by atoms with Gasteiger partial charge in [-0.3, -0.25) is 4.79 Å². The van der Waals surface area contributed by atoms with Crippen molar-refractivity contribution in [3.05, 3.63) is 39.9 Å². The average molecular weight is 342 g/mol. The topological polar surface area (TPSA) is 85.8 Å². The highest BCUT2D eigenvalue weighted by atomic mass is 79.9. The van der Waals surface area contributed by atoms with Gasteiger partial charge in [0.05, 0.1) is 29.4 Å². The Labute approximate surface area is 123 Å². The van der Waals surface area contributed by atoms with E-state index in [9.17, 15) is 9.18 Å². The Hall–Kier alpha value is -1.80. The predicted octanol–water partition coefficient (Wildman–Crippen LogP) is 1.05. The molecule has 1 heterocycles. The minimum absolute atomic E-state index is 0.0713. The van der Waals surface area contributed by atoms with E-state index in [1.54, 1.807) is 19.2 Å². The van der Waals surface area contributed by atoms with E-state index in [0.717, 1.165) is 5.56 Å². The van der Waals surface area contributed by atoms with Gasteiger partial charge in [0.2, 0.25) is 5.91 Å². The van der Waals surface area contributed by atoms with Crippen LogP contribution in [-0.2, 0) is 11.3 Å². The molecule has 106 valence electrons. The highest BCUT2D eigenvalue weighted by Gasteiger charge is 2.10. The number of nitrogens with one attached hydrogen (secondary N) is 1. The van der Waals surface area contributed by atoms with Gasteiger partial charge in [-0.15, -0.1) is 5.10 Å². The van der Waals surface area contributed by atoms with Gasteiger partial charge in [0.1, 0.15) is 11.5 Å². The molecule has 0 saturated heterocycles. The van der Waals surface area contributed by atoms with Gasteiger partial charge in [-0.25, -0.2) is 9.07 Å². The molecule has 0 aliphatic rings. The first-order valence-electron chi connectivity index (χ1n) is 5.85. The first kappa shape index (κ1) is 14.6. The third-order valence-electron chi connectivity index (χ3n) is 2.68. The zero-order chi connectivity index (χ0) is 14.7. The standard InChI is InChI=1S/C12H13BrFN5O/c1-7-2-10(14)9(13)3-11(7)19-6-8(17-18-19)5-16-12(20)4-15/h2-3,6H,4-5,15H2,1H3,(H,16,20). The number of benzene rings is 1. The molecule has 0 atom stereocenters. The molecule has 0 spiro atoms. The fourth-order valence-corrected chi connectivity index (χ4v) is 1.97. The average Bonchev–Trinajstić information content (AvgIpc) is 2.88. The molecular weight excluding hydrogens is 329 g/mol. The summed E-state index contributed by atoms with van der Waals surface area (Å²) in [5.41, 5.74) is 7.22. The first-order chi connectivity index (χ1) is 9.51. The van der Waals surface area contributed by atoms with Gasteiger partial charge in [-0.2, -0.15) is 0 Å². The summed E-state index contributed by atoms with van der Waals surface area (Å²) in [7, 11) is 0. The molecule has 2 aromatic rings. The second-order valence-electron chi connectivity index (χ2n) is 4.19. The number of aromatic nitrogens is 3. The van der Waals surface area contributed by atoms with Crippen LogP contribution in [0.5, 0.6) is 0 Å². The third kappa shape index (κ3) is 3.20. The van der Waals surface area contributed by atoms with Crippen molar-refractivity contribution in [1.29, 1.82) is 0 Å². The number of halogens is 2. The molecule has 0 radical (unpaired) electrons. The minimum Gasteiger partial charge on any atom is -0.349 e. The lowest BCUT2D eigenvalue weighted by molar-refractivity contribution is -0.119. The molecule has 3 N–H and O–H groups in total. The lowest BCUT2D eigenvalue weighted by Crippen LogP contribution is -2.29. The zero-order valence-corrected chi connectivity index (χ0v) is 12.3. The SMILES string of the molecule is Cc1cc(F)c(Br)cc1-n1cc(CNC(=O)CN)nn1. The molecule has 2 rings (SSSR count). The smallest absolute Gasteiger partial charge is 0.234 e. The third-order valence-corrected chi connectivity index (χ3v) is 3.29. The summed E-state index contributed by atoms with van der Waals surface area (Å²) in [5, 5.41) is 10.5. The molecule has 0 aliphatic carbocycles. The Morgan fingerprint density at radius 3 is 3.00 bits per heavy atom. The van der Waals surface area contributed by atoms with Gasteiger partial charge in [0.15, 0.2) is 0 Å². The van der Waals surface area contributed by atoms with Crippen LogP contribution in [-0.4, -0.2) is 27.4 Å². The van der Waals surface area contributed by atoms with E-state index >= 15 is 0 Å². The van der Waals surface area contributed by atoms with Gasteiger partial charge in [0.25, 0.3) is 0 Å². The molecule has 20 heavy (non-hydrogen) atoms. The number of hydrogen-bond donors (Lipinski definition) is 2. The van der Waals surface area contributed by atoms with Crippen molar-refractivity contribution >= 4 is 21.8 Å². The van der Waals surface area contributed by atoms with Crippen LogP contribution in [0.15, 0.2) is 22.8 Å². The van der Waals surface area contributed by atoms with Crippen LogP contribution < -0.4 is 11.1 Å². The van der Waals surface area contributed by atoms with Gasteiger partial charge < -0.3 is 11.1 Å². The molecule has 8 heteroatoms. The first-order valence-corrected chi connectivity index (χ1v) is 6.64. The van der Waals surface area contributed by atoms with Crippen molar-refractivity contribution in [3.8, 4) is 5.69 Å². The minimum atomic E-state index is -0.332. The van der Waals surface area contributed by atoms with Crippen LogP contribution in [0, 0.1) is 12.7 Å². The largest absolute Gasteiger partial charge is 0.349 e. The Bertz CT molecular complexity index is 643. The summed E-state index contributed by atoms with van der Waals surface area (Å²) in [5.74, 6) is -0.595. The highest BCUT2D eigenvalue weighted by molar-refractivity contribution is 9.10. The fraction of sp³-hybridized carbons (Fsp3) is 0.250. The van der Waals surface area contributed by atoms with Crippen molar-refractivity contribution in [1.82, 2.24) is 20.3 Å². The number of nitrogens with two attached hydrogens (primary N) is 1. The van der Waals surface area contributed by atoms with Gasteiger partial charge in [-0.05, 0) is 40.5 Å². The maximum absolute atomic E-state index is 13.4. The molecule has 1 aromatic heterocycles. The van der Waals surface area contributed by atoms with Crippen LogP contribution >= 0.6 is 15.9 Å². The lowest BCUT2D eigenvalue weighted by Gasteiger charge is -2.06. The fourth-order valence-electron chi connectivity index (χ4n) is 1.64. The normalized spacial score (nSPS) is 10.6. The lowest BCUT2D eigenvalue weighted by atomic mass is 10.2. The molecule has 0 bridgehead atoms. The number of aryl methyl sites for hydroxylation is 1. The van der Waals surface area contributed by atoms with E-state index in [2.05, 4.69) is 31.6 Å². The van der Waals surface area contributed by atoms with E-state index in [1.165, 1.54) is 10.7 Å². The summed E-state index contributed by atoms with van der Waals surface area (Å²) >= 11 is 3.14. The molecule has 0 fully saturated rings.